The van der Waals surface area contributed by atoms with Crippen LogP contribution in [0, 0.1) is 5.92 Å². The molecule has 0 saturated carbocycles. The summed E-state index contributed by atoms with van der Waals surface area (Å²) in [5.41, 5.74) is 1.12. The molecule has 0 amide bonds. The molecule has 2 aliphatic heterocycles. The van der Waals surface area contributed by atoms with E-state index in [1.165, 1.54) is 17.8 Å². The van der Waals surface area contributed by atoms with Gasteiger partial charge in [0, 0.05) is 25.3 Å². The van der Waals surface area contributed by atoms with E-state index in [9.17, 15) is 9.59 Å². The minimum atomic E-state index is -0.607. The Kier molecular flexibility index (Phi) is 4.84. The normalized spacial score (nSPS) is 21.2. The number of anilines is 1. The van der Waals surface area contributed by atoms with Crippen molar-refractivity contribution in [2.45, 2.75) is 25.8 Å². The zero-order chi connectivity index (χ0) is 22.7. The fourth-order valence-electron chi connectivity index (χ4n) is 5.42. The number of aromatic nitrogens is 3. The van der Waals surface area contributed by atoms with Crippen LogP contribution in [0.2, 0.25) is 0 Å². The molecule has 170 valence electrons. The lowest BCUT2D eigenvalue weighted by Gasteiger charge is -2.37. The van der Waals surface area contributed by atoms with Crippen molar-refractivity contribution in [1.29, 1.82) is 0 Å². The number of hydrogen-bond donors (Lipinski definition) is 0. The summed E-state index contributed by atoms with van der Waals surface area (Å²) >= 11 is 1.41. The molecule has 33 heavy (non-hydrogen) atoms. The van der Waals surface area contributed by atoms with Gasteiger partial charge in [0.25, 0.3) is 0 Å². The molecule has 2 saturated heterocycles. The molecule has 8 nitrogen and oxygen atoms in total. The third kappa shape index (κ3) is 3.13. The van der Waals surface area contributed by atoms with Crippen LogP contribution in [-0.4, -0.2) is 64.6 Å². The van der Waals surface area contributed by atoms with Gasteiger partial charge in [-0.25, -0.2) is 9.78 Å². The lowest BCUT2D eigenvalue weighted by Crippen LogP contribution is -2.45. The van der Waals surface area contributed by atoms with Gasteiger partial charge in [-0.15, -0.1) is 11.3 Å². The van der Waals surface area contributed by atoms with Crippen LogP contribution in [0.4, 0.5) is 5.95 Å². The van der Waals surface area contributed by atoms with Crippen LogP contribution >= 0.6 is 11.3 Å². The van der Waals surface area contributed by atoms with Crippen LogP contribution in [0.5, 0.6) is 0 Å². The Morgan fingerprint density at radius 1 is 1.24 bits per heavy atom. The molecule has 3 aromatic heterocycles. The van der Waals surface area contributed by atoms with Crippen molar-refractivity contribution in [1.82, 2.24) is 19.3 Å². The molecule has 2 unspecified atom stereocenters. The molecule has 9 heteroatoms. The molecule has 0 bridgehead atoms. The number of rotatable bonds is 3. The van der Waals surface area contributed by atoms with Crippen LogP contribution < -0.4 is 10.3 Å². The molecule has 0 N–H and O–H groups in total. The van der Waals surface area contributed by atoms with E-state index >= 15 is 0 Å². The molecule has 2 fully saturated rings. The highest BCUT2D eigenvalue weighted by atomic mass is 32.1. The van der Waals surface area contributed by atoms with Crippen molar-refractivity contribution in [3.8, 4) is 0 Å². The number of esters is 1. The lowest BCUT2D eigenvalue weighted by atomic mass is 9.93. The molecular formula is C24H25N5O3S. The van der Waals surface area contributed by atoms with Gasteiger partial charge in [-0.3, -0.25) is 9.20 Å². The number of para-hydroxylation sites is 1. The number of carbonyl (C=O) groups is 1. The zero-order valence-electron chi connectivity index (χ0n) is 18.7. The lowest BCUT2D eigenvalue weighted by molar-refractivity contribution is 0.0527. The maximum absolute atomic E-state index is 13.4. The highest BCUT2D eigenvalue weighted by molar-refractivity contribution is 7.24. The van der Waals surface area contributed by atoms with Gasteiger partial charge in [0.1, 0.15) is 10.4 Å². The summed E-state index contributed by atoms with van der Waals surface area (Å²) in [6, 6.07) is 8.50. The van der Waals surface area contributed by atoms with Crippen molar-refractivity contribution >= 4 is 49.3 Å². The van der Waals surface area contributed by atoms with E-state index in [2.05, 4.69) is 21.8 Å². The minimum Gasteiger partial charge on any atom is -0.462 e. The van der Waals surface area contributed by atoms with Crippen LogP contribution in [0.3, 0.4) is 0 Å². The Morgan fingerprint density at radius 2 is 2.09 bits per heavy atom. The quantitative estimate of drug-likeness (QED) is 0.432. The molecule has 0 spiro atoms. The summed E-state index contributed by atoms with van der Waals surface area (Å²) in [5.74, 6) is 0.645. The van der Waals surface area contributed by atoms with Gasteiger partial charge in [-0.2, -0.15) is 4.98 Å². The Labute approximate surface area is 194 Å². The summed E-state index contributed by atoms with van der Waals surface area (Å²) in [5, 5.41) is 0.332. The van der Waals surface area contributed by atoms with E-state index in [-0.39, 0.29) is 17.6 Å². The summed E-state index contributed by atoms with van der Waals surface area (Å²) in [6.45, 7) is 4.88. The maximum atomic E-state index is 13.4. The van der Waals surface area contributed by atoms with Gasteiger partial charge in [0.05, 0.1) is 22.2 Å². The summed E-state index contributed by atoms with van der Waals surface area (Å²) in [7, 11) is 2.21. The Bertz CT molecular complexity index is 1460. The average Bonchev–Trinajstić information content (AvgIpc) is 3.39. The van der Waals surface area contributed by atoms with E-state index in [1.54, 1.807) is 13.1 Å². The van der Waals surface area contributed by atoms with E-state index in [4.69, 9.17) is 9.72 Å². The maximum Gasteiger partial charge on any atom is 0.345 e. The van der Waals surface area contributed by atoms with Crippen LogP contribution in [0.15, 0.2) is 35.3 Å². The molecule has 1 aromatic carbocycles. The number of fused-ring (bicyclic) bond motifs is 6. The number of thiazole rings is 1. The van der Waals surface area contributed by atoms with Crippen molar-refractivity contribution in [3.63, 3.8) is 0 Å². The van der Waals surface area contributed by atoms with Crippen molar-refractivity contribution in [2.75, 3.05) is 38.2 Å². The summed E-state index contributed by atoms with van der Waals surface area (Å²) in [4.78, 5) is 40.9. The number of hydrogen-bond acceptors (Lipinski definition) is 8. The number of piperidine rings is 1. The van der Waals surface area contributed by atoms with Gasteiger partial charge in [0.2, 0.25) is 11.4 Å². The molecule has 2 atom stereocenters. The van der Waals surface area contributed by atoms with Gasteiger partial charge in [-0.05, 0) is 51.4 Å². The number of likely N-dealkylation sites (tertiary alicyclic amines) is 1. The first-order chi connectivity index (χ1) is 16.1. The number of ether oxygens (including phenoxy) is 1. The number of carbonyl (C=O) groups excluding carboxylic acids is 1. The molecule has 0 radical (unpaired) electrons. The highest BCUT2D eigenvalue weighted by Crippen LogP contribution is 2.33. The molecule has 6 rings (SSSR count). The van der Waals surface area contributed by atoms with Crippen molar-refractivity contribution < 1.29 is 9.53 Å². The van der Waals surface area contributed by atoms with Gasteiger partial charge in [0.15, 0.2) is 5.65 Å². The fourth-order valence-corrected chi connectivity index (χ4v) is 6.60. The molecule has 0 aliphatic carbocycles. The number of pyridine rings is 1. The summed E-state index contributed by atoms with van der Waals surface area (Å²) < 4.78 is 8.13. The Morgan fingerprint density at radius 3 is 2.94 bits per heavy atom. The highest BCUT2D eigenvalue weighted by Gasteiger charge is 2.37. The average molecular weight is 464 g/mol. The van der Waals surface area contributed by atoms with E-state index < -0.39 is 5.97 Å². The molecule has 4 aromatic rings. The third-order valence-electron chi connectivity index (χ3n) is 7.04. The standard InChI is InChI=1S/C24H25N5O3S/c1-3-32-23(31)19-20(30)15-12-25-24(28-11-9-16-14(13-28)8-10-27(16)2)26-21(15)29-17-6-4-5-7-18(17)33-22(19)29/h4-7,12,14,16H,3,8-11,13H2,1-2H3. The fraction of sp³-hybridized carbons (Fsp3) is 0.417. The second-order valence-corrected chi connectivity index (χ2v) is 9.90. The van der Waals surface area contributed by atoms with Gasteiger partial charge >= 0.3 is 5.97 Å². The Balaban J connectivity index is 1.56. The van der Waals surface area contributed by atoms with Crippen LogP contribution in [-0.2, 0) is 4.74 Å². The first-order valence-electron chi connectivity index (χ1n) is 11.4. The number of benzene rings is 1. The van der Waals surface area contributed by atoms with Crippen LogP contribution in [0.25, 0.3) is 26.1 Å². The van der Waals surface area contributed by atoms with Gasteiger partial charge in [-0.1, -0.05) is 12.1 Å². The molecular weight excluding hydrogens is 438 g/mol. The number of nitrogens with zero attached hydrogens (tertiary/aromatic N) is 5. The second kappa shape index (κ2) is 7.78. The predicted molar refractivity (Wildman–Crippen MR) is 129 cm³/mol. The van der Waals surface area contributed by atoms with Crippen molar-refractivity contribution in [2.24, 2.45) is 5.92 Å². The third-order valence-corrected chi connectivity index (χ3v) is 8.19. The second-order valence-electron chi connectivity index (χ2n) is 8.87. The van der Waals surface area contributed by atoms with E-state index in [0.29, 0.717) is 33.8 Å². The SMILES string of the molecule is CCOC(=O)c1c(=O)c2cnc(N3CCC4C(CCN4C)C3)nc2n2c1sc1ccccc12. The topological polar surface area (TPSA) is 80.0 Å². The molecule has 2 aliphatic rings. The minimum absolute atomic E-state index is 0.0525. The van der Waals surface area contributed by atoms with Crippen molar-refractivity contribution in [3.05, 3.63) is 46.2 Å². The first-order valence-corrected chi connectivity index (χ1v) is 12.2. The first kappa shape index (κ1) is 20.6. The molecule has 5 heterocycles. The van der Waals surface area contributed by atoms with Crippen LogP contribution in [0.1, 0.15) is 30.1 Å². The largest absolute Gasteiger partial charge is 0.462 e. The van der Waals surface area contributed by atoms with E-state index in [1.807, 2.05) is 28.7 Å². The van der Waals surface area contributed by atoms with E-state index in [0.717, 1.165) is 36.3 Å². The monoisotopic (exact) mass is 463 g/mol. The smallest absolute Gasteiger partial charge is 0.345 e. The predicted octanol–water partition coefficient (Wildman–Crippen LogP) is 3.16. The van der Waals surface area contributed by atoms with Gasteiger partial charge < -0.3 is 14.5 Å². The Hall–Kier alpha value is -3.04. The summed E-state index contributed by atoms with van der Waals surface area (Å²) in [6.07, 6.45) is 3.85. The zero-order valence-corrected chi connectivity index (χ0v) is 19.5.